The van der Waals surface area contributed by atoms with Gasteiger partial charge in [0.2, 0.25) is 0 Å². The second-order valence-electron chi connectivity index (χ2n) is 5.78. The van der Waals surface area contributed by atoms with Crippen LogP contribution in [0.4, 0.5) is 0 Å². The molecule has 24 heavy (non-hydrogen) atoms. The van der Waals surface area contributed by atoms with Gasteiger partial charge in [-0.25, -0.2) is 0 Å². The topological polar surface area (TPSA) is 40.9 Å². The Morgan fingerprint density at radius 2 is 1.33 bits per heavy atom. The molecule has 0 atom stereocenters. The molecule has 0 amide bonds. The van der Waals surface area contributed by atoms with Crippen molar-refractivity contribution < 1.29 is 4.79 Å². The second-order valence-corrected chi connectivity index (χ2v) is 5.78. The van der Waals surface area contributed by atoms with Gasteiger partial charge < -0.3 is 0 Å². The summed E-state index contributed by atoms with van der Waals surface area (Å²) in [6.07, 6.45) is 8.55. The molecule has 0 unspecified atom stereocenters. The minimum Gasteiger partial charge on any atom is -0.298 e. The maximum Gasteiger partial charge on any atom is 0.150 e. The molecule has 0 aliphatic heterocycles. The molecule has 2 rings (SSSR count). The van der Waals surface area contributed by atoms with Crippen molar-refractivity contribution in [2.45, 2.75) is 19.8 Å². The molecule has 0 saturated carbocycles. The van der Waals surface area contributed by atoms with Crippen molar-refractivity contribution in [1.82, 2.24) is 0 Å². The van der Waals surface area contributed by atoms with Gasteiger partial charge in [-0.3, -0.25) is 4.79 Å². The quantitative estimate of drug-likeness (QED) is 0.696. The lowest BCUT2D eigenvalue weighted by molar-refractivity contribution is -0.123. The van der Waals surface area contributed by atoms with Crippen LogP contribution in [0.1, 0.15) is 30.9 Å². The van der Waals surface area contributed by atoms with Gasteiger partial charge in [0.05, 0.1) is 6.07 Å². The molecule has 0 bridgehead atoms. The van der Waals surface area contributed by atoms with Crippen LogP contribution >= 0.6 is 0 Å². The molecule has 0 saturated heterocycles. The standard InChI is InChI=1S/C22H21NO/c1-19(24)22(18-23,16-8-14-20-10-4-2-5-11-20)17-9-15-21-12-6-3-7-13-21/h2-15H,16-17H2,1H3/b14-8+,15-9+. The summed E-state index contributed by atoms with van der Waals surface area (Å²) in [6.45, 7) is 1.50. The first-order chi connectivity index (χ1) is 11.7. The third-order valence-corrected chi connectivity index (χ3v) is 4.04. The zero-order chi connectivity index (χ0) is 17.3. The van der Waals surface area contributed by atoms with E-state index in [1.54, 1.807) is 0 Å². The van der Waals surface area contributed by atoms with Crippen molar-refractivity contribution >= 4 is 17.9 Å². The molecular formula is C22H21NO. The molecule has 0 radical (unpaired) electrons. The van der Waals surface area contributed by atoms with Crippen molar-refractivity contribution in [1.29, 1.82) is 5.26 Å². The number of carbonyl (C=O) groups excluding carboxylic acids is 1. The molecule has 0 N–H and O–H groups in total. The Balaban J connectivity index is 2.09. The fraction of sp³-hybridized carbons (Fsp3) is 0.182. The molecule has 2 nitrogen and oxygen atoms in total. The van der Waals surface area contributed by atoms with Gasteiger partial charge in [0.1, 0.15) is 5.41 Å². The number of benzene rings is 2. The Morgan fingerprint density at radius 1 is 0.917 bits per heavy atom. The maximum absolute atomic E-state index is 12.1. The number of allylic oxidation sites excluding steroid dienone is 2. The highest BCUT2D eigenvalue weighted by atomic mass is 16.1. The Kier molecular flexibility index (Phi) is 6.28. The summed E-state index contributed by atoms with van der Waals surface area (Å²) in [6, 6.07) is 22.0. The molecule has 0 aliphatic carbocycles. The third-order valence-electron chi connectivity index (χ3n) is 4.04. The average molecular weight is 315 g/mol. The van der Waals surface area contributed by atoms with Crippen molar-refractivity contribution in [3.8, 4) is 6.07 Å². The fourth-order valence-electron chi connectivity index (χ4n) is 2.46. The van der Waals surface area contributed by atoms with Gasteiger partial charge in [0, 0.05) is 0 Å². The molecule has 2 aromatic carbocycles. The molecule has 2 heteroatoms. The van der Waals surface area contributed by atoms with Gasteiger partial charge in [-0.05, 0) is 30.9 Å². The van der Waals surface area contributed by atoms with Crippen LogP contribution in [0.15, 0.2) is 72.8 Å². The SMILES string of the molecule is CC(=O)C(C#N)(C/C=C/c1ccccc1)C/C=C/c1ccccc1. The molecule has 0 heterocycles. The molecule has 0 aromatic heterocycles. The maximum atomic E-state index is 12.1. The van der Waals surface area contributed by atoms with E-state index in [0.717, 1.165) is 11.1 Å². The van der Waals surface area contributed by atoms with Crippen LogP contribution in [0.5, 0.6) is 0 Å². The lowest BCUT2D eigenvalue weighted by Gasteiger charge is -2.20. The Hall–Kier alpha value is -2.92. The predicted molar refractivity (Wildman–Crippen MR) is 98.9 cm³/mol. The van der Waals surface area contributed by atoms with E-state index in [9.17, 15) is 10.1 Å². The normalized spacial score (nSPS) is 11.7. The van der Waals surface area contributed by atoms with Crippen molar-refractivity contribution in [2.75, 3.05) is 0 Å². The lowest BCUT2D eigenvalue weighted by Crippen LogP contribution is -2.26. The van der Waals surface area contributed by atoms with Crippen LogP contribution in [-0.2, 0) is 4.79 Å². The molecular weight excluding hydrogens is 294 g/mol. The van der Waals surface area contributed by atoms with Crippen LogP contribution in [0.25, 0.3) is 12.2 Å². The van der Waals surface area contributed by atoms with Crippen molar-refractivity contribution in [3.05, 3.63) is 83.9 Å². The zero-order valence-corrected chi connectivity index (χ0v) is 13.9. The summed E-state index contributed by atoms with van der Waals surface area (Å²) in [5.74, 6) is -0.0968. The van der Waals surface area contributed by atoms with E-state index in [1.807, 2.05) is 85.0 Å². The van der Waals surface area contributed by atoms with Crippen LogP contribution in [-0.4, -0.2) is 5.78 Å². The fourth-order valence-corrected chi connectivity index (χ4v) is 2.46. The summed E-state index contributed by atoms with van der Waals surface area (Å²) in [5, 5.41) is 9.60. The highest BCUT2D eigenvalue weighted by Gasteiger charge is 2.33. The van der Waals surface area contributed by atoms with E-state index >= 15 is 0 Å². The van der Waals surface area contributed by atoms with E-state index in [0.29, 0.717) is 12.8 Å². The molecule has 0 fully saturated rings. The van der Waals surface area contributed by atoms with E-state index < -0.39 is 5.41 Å². The smallest absolute Gasteiger partial charge is 0.150 e. The first-order valence-electron chi connectivity index (χ1n) is 8.02. The number of hydrogen-bond acceptors (Lipinski definition) is 2. The first-order valence-corrected chi connectivity index (χ1v) is 8.02. The Bertz CT molecular complexity index is 700. The summed E-state index contributed by atoms with van der Waals surface area (Å²) in [5.41, 5.74) is 1.12. The van der Waals surface area contributed by atoms with Gasteiger partial charge >= 0.3 is 0 Å². The Morgan fingerprint density at radius 3 is 1.67 bits per heavy atom. The Labute approximate surface area is 143 Å². The van der Waals surface area contributed by atoms with Gasteiger partial charge in [-0.1, -0.05) is 85.0 Å². The highest BCUT2D eigenvalue weighted by Crippen LogP contribution is 2.29. The zero-order valence-electron chi connectivity index (χ0n) is 13.9. The van der Waals surface area contributed by atoms with Gasteiger partial charge in [0.15, 0.2) is 5.78 Å². The molecule has 2 aromatic rings. The summed E-state index contributed by atoms with van der Waals surface area (Å²) >= 11 is 0. The van der Waals surface area contributed by atoms with Crippen molar-refractivity contribution in [2.24, 2.45) is 5.41 Å². The predicted octanol–water partition coefficient (Wildman–Crippen LogP) is 5.29. The summed E-state index contributed by atoms with van der Waals surface area (Å²) < 4.78 is 0. The van der Waals surface area contributed by atoms with E-state index in [4.69, 9.17) is 0 Å². The van der Waals surface area contributed by atoms with E-state index in [-0.39, 0.29) is 5.78 Å². The van der Waals surface area contributed by atoms with Gasteiger partial charge in [-0.15, -0.1) is 0 Å². The number of nitrogens with zero attached hydrogens (tertiary/aromatic N) is 1. The monoisotopic (exact) mass is 315 g/mol. The second kappa shape index (κ2) is 8.64. The van der Waals surface area contributed by atoms with Crippen LogP contribution in [0.3, 0.4) is 0 Å². The van der Waals surface area contributed by atoms with Crippen LogP contribution in [0, 0.1) is 16.7 Å². The minimum atomic E-state index is -1.00. The number of hydrogen-bond donors (Lipinski definition) is 0. The molecule has 120 valence electrons. The number of rotatable bonds is 7. The lowest BCUT2D eigenvalue weighted by atomic mass is 9.78. The summed E-state index contributed by atoms with van der Waals surface area (Å²) in [7, 11) is 0. The van der Waals surface area contributed by atoms with E-state index in [2.05, 4.69) is 6.07 Å². The largest absolute Gasteiger partial charge is 0.298 e. The minimum absolute atomic E-state index is 0.0968. The number of carbonyl (C=O) groups is 1. The van der Waals surface area contributed by atoms with Crippen molar-refractivity contribution in [3.63, 3.8) is 0 Å². The van der Waals surface area contributed by atoms with Crippen LogP contribution < -0.4 is 0 Å². The average Bonchev–Trinajstić information content (AvgIpc) is 2.62. The van der Waals surface area contributed by atoms with Crippen LogP contribution in [0.2, 0.25) is 0 Å². The molecule has 0 spiro atoms. The highest BCUT2D eigenvalue weighted by molar-refractivity contribution is 5.85. The third kappa shape index (κ3) is 4.79. The number of nitriles is 1. The number of Topliss-reactive ketones (excluding diaryl/α,β-unsaturated/α-hetero) is 1. The molecule has 0 aliphatic rings. The van der Waals surface area contributed by atoms with Gasteiger partial charge in [-0.2, -0.15) is 5.26 Å². The van der Waals surface area contributed by atoms with Gasteiger partial charge in [0.25, 0.3) is 0 Å². The number of ketones is 1. The van der Waals surface area contributed by atoms with E-state index in [1.165, 1.54) is 6.92 Å². The first kappa shape index (κ1) is 17.4. The summed E-state index contributed by atoms with van der Waals surface area (Å²) in [4.78, 5) is 12.1.